The molecule has 1 unspecified atom stereocenters. The average molecular weight is 333 g/mol. The van der Waals surface area contributed by atoms with Crippen molar-refractivity contribution >= 4 is 6.47 Å². The number of imidazole rings is 2. The van der Waals surface area contributed by atoms with Crippen LogP contribution < -0.4 is 0 Å². The van der Waals surface area contributed by atoms with Gasteiger partial charge >= 0.3 is 0 Å². The largest absolute Gasteiger partial charge is 0.483 e. The second-order valence-corrected chi connectivity index (χ2v) is 5.90. The van der Waals surface area contributed by atoms with E-state index < -0.39 is 0 Å². The zero-order valence-electron chi connectivity index (χ0n) is 14.5. The summed E-state index contributed by atoms with van der Waals surface area (Å²) in [6.45, 7) is 8.63. The Morgan fingerprint density at radius 1 is 1.25 bits per heavy atom. The first-order chi connectivity index (χ1) is 11.7. The van der Waals surface area contributed by atoms with Gasteiger partial charge in [0.2, 0.25) is 0 Å². The second kappa shape index (κ2) is 9.22. The van der Waals surface area contributed by atoms with E-state index >= 15 is 0 Å². The summed E-state index contributed by atoms with van der Waals surface area (Å²) in [7, 11) is 0. The molecule has 1 fully saturated rings. The lowest BCUT2D eigenvalue weighted by Crippen LogP contribution is -2.37. The third-order valence-corrected chi connectivity index (χ3v) is 4.34. The highest BCUT2D eigenvalue weighted by Gasteiger charge is 2.23. The van der Waals surface area contributed by atoms with Crippen LogP contribution in [0.15, 0.2) is 24.8 Å². The molecule has 3 heterocycles. The smallest absolute Gasteiger partial charge is 0.290 e. The number of piperidine rings is 1. The number of rotatable bonds is 5. The molecule has 3 rings (SSSR count). The van der Waals surface area contributed by atoms with E-state index in [1.807, 2.05) is 18.6 Å². The normalized spacial score (nSPS) is 18.0. The van der Waals surface area contributed by atoms with E-state index in [4.69, 9.17) is 9.90 Å². The molecule has 7 heteroatoms. The molecule has 1 saturated heterocycles. The first-order valence-corrected chi connectivity index (χ1v) is 8.59. The fraction of sp³-hybridized carbons (Fsp3) is 0.588. The topological polar surface area (TPSA) is 76.2 Å². The summed E-state index contributed by atoms with van der Waals surface area (Å²) >= 11 is 0. The van der Waals surface area contributed by atoms with E-state index in [0.29, 0.717) is 6.04 Å². The minimum Gasteiger partial charge on any atom is -0.483 e. The highest BCUT2D eigenvalue weighted by Crippen LogP contribution is 2.26. The minimum absolute atomic E-state index is 0.250. The van der Waals surface area contributed by atoms with Gasteiger partial charge in [0.25, 0.3) is 6.47 Å². The molecule has 2 aromatic rings. The van der Waals surface area contributed by atoms with Crippen molar-refractivity contribution < 1.29 is 9.90 Å². The van der Waals surface area contributed by atoms with Crippen molar-refractivity contribution in [3.8, 4) is 11.6 Å². The van der Waals surface area contributed by atoms with Crippen LogP contribution in [0.3, 0.4) is 0 Å². The summed E-state index contributed by atoms with van der Waals surface area (Å²) in [5, 5.41) is 6.89. The van der Waals surface area contributed by atoms with Crippen LogP contribution in [-0.2, 0) is 11.3 Å². The molecule has 0 aromatic carbocycles. The molecule has 0 amide bonds. The maximum atomic E-state index is 8.36. The van der Waals surface area contributed by atoms with E-state index in [1.54, 1.807) is 0 Å². The van der Waals surface area contributed by atoms with Gasteiger partial charge in [-0.1, -0.05) is 6.92 Å². The van der Waals surface area contributed by atoms with Gasteiger partial charge in [0.1, 0.15) is 0 Å². The van der Waals surface area contributed by atoms with Crippen LogP contribution in [0, 0.1) is 0 Å². The molecule has 132 valence electrons. The van der Waals surface area contributed by atoms with Gasteiger partial charge in [-0.3, -0.25) is 4.79 Å². The summed E-state index contributed by atoms with van der Waals surface area (Å²) in [5.74, 6) is 1.99. The van der Waals surface area contributed by atoms with E-state index in [2.05, 4.69) is 44.0 Å². The molecule has 1 N–H and O–H groups in total. The third kappa shape index (κ3) is 4.23. The fourth-order valence-corrected chi connectivity index (χ4v) is 3.33. The van der Waals surface area contributed by atoms with E-state index in [0.717, 1.165) is 24.7 Å². The molecule has 1 aliphatic rings. The number of aryl methyl sites for hydroxylation is 1. The number of hydrogen-bond donors (Lipinski definition) is 1. The molecule has 0 radical (unpaired) electrons. The zero-order valence-corrected chi connectivity index (χ0v) is 14.5. The maximum Gasteiger partial charge on any atom is 0.290 e. The Balaban J connectivity index is 0.000000647. The van der Waals surface area contributed by atoms with Crippen molar-refractivity contribution in [3.05, 3.63) is 24.8 Å². The van der Waals surface area contributed by atoms with Crippen LogP contribution in [0.25, 0.3) is 11.6 Å². The predicted octanol–water partition coefficient (Wildman–Crippen LogP) is 2.51. The SMILES string of the molecule is CCCN1CCCC(n2ccnc2-c2nccn2CC)C1.O=CO. The molecular weight excluding hydrogens is 306 g/mol. The van der Waals surface area contributed by atoms with E-state index in [-0.39, 0.29) is 6.47 Å². The van der Waals surface area contributed by atoms with Gasteiger partial charge < -0.3 is 19.1 Å². The zero-order chi connectivity index (χ0) is 17.4. The molecule has 1 atom stereocenters. The van der Waals surface area contributed by atoms with E-state index in [9.17, 15) is 0 Å². The third-order valence-electron chi connectivity index (χ3n) is 4.34. The van der Waals surface area contributed by atoms with Crippen LogP contribution in [-0.4, -0.2) is 55.2 Å². The Labute approximate surface area is 142 Å². The monoisotopic (exact) mass is 333 g/mol. The Morgan fingerprint density at radius 3 is 2.67 bits per heavy atom. The van der Waals surface area contributed by atoms with Gasteiger partial charge in [-0.15, -0.1) is 0 Å². The highest BCUT2D eigenvalue weighted by molar-refractivity contribution is 5.45. The number of nitrogens with zero attached hydrogens (tertiary/aromatic N) is 5. The van der Waals surface area contributed by atoms with Crippen molar-refractivity contribution in [2.24, 2.45) is 0 Å². The van der Waals surface area contributed by atoms with Gasteiger partial charge in [0.05, 0.1) is 0 Å². The second-order valence-electron chi connectivity index (χ2n) is 5.90. The molecule has 0 spiro atoms. The summed E-state index contributed by atoms with van der Waals surface area (Å²) in [5.41, 5.74) is 0. The van der Waals surface area contributed by atoms with Crippen molar-refractivity contribution in [1.29, 1.82) is 0 Å². The summed E-state index contributed by atoms with van der Waals surface area (Å²) < 4.78 is 4.49. The molecule has 24 heavy (non-hydrogen) atoms. The standard InChI is InChI=1S/C16H25N5.CH2O2/c1-3-9-19-10-5-6-14(13-19)21-12-8-18-16(21)15-17-7-11-20(15)4-2;2-1-3/h7-8,11-12,14H,3-6,9-10,13H2,1-2H3;1H,(H,2,3). The molecule has 1 aliphatic heterocycles. The number of likely N-dealkylation sites (tertiary alicyclic amines) is 1. The van der Waals surface area contributed by atoms with Crippen molar-refractivity contribution in [3.63, 3.8) is 0 Å². The molecule has 7 nitrogen and oxygen atoms in total. The Morgan fingerprint density at radius 2 is 1.96 bits per heavy atom. The quantitative estimate of drug-likeness (QED) is 0.851. The fourth-order valence-electron chi connectivity index (χ4n) is 3.33. The molecular formula is C17H27N5O2. The van der Waals surface area contributed by atoms with Gasteiger partial charge in [0, 0.05) is 43.9 Å². The Bertz CT molecular complexity index is 620. The van der Waals surface area contributed by atoms with Crippen molar-refractivity contribution in [1.82, 2.24) is 24.0 Å². The predicted molar refractivity (Wildman–Crippen MR) is 92.8 cm³/mol. The Kier molecular flexibility index (Phi) is 6.99. The molecule has 0 bridgehead atoms. The van der Waals surface area contributed by atoms with Crippen LogP contribution in [0.5, 0.6) is 0 Å². The average Bonchev–Trinajstić information content (AvgIpc) is 3.24. The first kappa shape index (κ1) is 18.2. The lowest BCUT2D eigenvalue weighted by atomic mass is 10.1. The van der Waals surface area contributed by atoms with E-state index in [1.165, 1.54) is 32.4 Å². The van der Waals surface area contributed by atoms with Gasteiger partial charge in [-0.25, -0.2) is 9.97 Å². The lowest BCUT2D eigenvalue weighted by Gasteiger charge is -2.33. The Hall–Kier alpha value is -2.15. The molecule has 0 aliphatic carbocycles. The van der Waals surface area contributed by atoms with Crippen LogP contribution in [0.4, 0.5) is 0 Å². The lowest BCUT2D eigenvalue weighted by molar-refractivity contribution is -0.122. The summed E-state index contributed by atoms with van der Waals surface area (Å²) in [4.78, 5) is 20.0. The molecule has 2 aromatic heterocycles. The number of hydrogen-bond acceptors (Lipinski definition) is 4. The number of carbonyl (C=O) groups is 1. The van der Waals surface area contributed by atoms with Gasteiger partial charge in [-0.2, -0.15) is 0 Å². The first-order valence-electron chi connectivity index (χ1n) is 8.59. The summed E-state index contributed by atoms with van der Waals surface area (Å²) in [6.07, 6.45) is 11.6. The summed E-state index contributed by atoms with van der Waals surface area (Å²) in [6, 6.07) is 0.518. The van der Waals surface area contributed by atoms with Gasteiger partial charge in [-0.05, 0) is 39.3 Å². The number of carboxylic acid groups (broad SMARTS) is 1. The van der Waals surface area contributed by atoms with Crippen molar-refractivity contribution in [2.75, 3.05) is 19.6 Å². The number of aromatic nitrogens is 4. The maximum absolute atomic E-state index is 8.36. The van der Waals surface area contributed by atoms with Crippen LogP contribution in [0.2, 0.25) is 0 Å². The van der Waals surface area contributed by atoms with Gasteiger partial charge in [0.15, 0.2) is 11.6 Å². The van der Waals surface area contributed by atoms with Crippen LogP contribution in [0.1, 0.15) is 39.2 Å². The minimum atomic E-state index is -0.250. The van der Waals surface area contributed by atoms with Crippen LogP contribution >= 0.6 is 0 Å². The van der Waals surface area contributed by atoms with Crippen molar-refractivity contribution in [2.45, 2.75) is 45.7 Å². The highest BCUT2D eigenvalue weighted by atomic mass is 16.3. The molecule has 0 saturated carbocycles.